The quantitative estimate of drug-likeness (QED) is 0.491. The summed E-state index contributed by atoms with van der Waals surface area (Å²) in [4.78, 5) is 24.3. The van der Waals surface area contributed by atoms with Gasteiger partial charge in [-0.1, -0.05) is 24.3 Å². The largest absolute Gasteiger partial charge is 0.435 e. The molecule has 0 aliphatic carbocycles. The summed E-state index contributed by atoms with van der Waals surface area (Å²) in [7, 11) is 1.99. The minimum atomic E-state index is -4.82. The third-order valence-electron chi connectivity index (χ3n) is 6.16. The number of carbonyl (C=O) groups excluding carboxylic acids is 1. The first-order valence-electron chi connectivity index (χ1n) is 11.6. The summed E-state index contributed by atoms with van der Waals surface area (Å²) in [5, 5.41) is 13.2. The topological polar surface area (TPSA) is 81.6 Å². The standard InChI is InChI=1S/C25H28F3N5O2S/c1-16(17-5-3-6-18(13-17)19-7-4-8-29-14-19)30-23(35)21-22(25(26,27)28)31-24(36-21)20(34)15-33-11-9-32(2)10-12-33/h3-8,13-14,16,20,34H,9-12,15H2,1-2H3,(H,30,35). The highest BCUT2D eigenvalue weighted by atomic mass is 32.1. The van der Waals surface area contributed by atoms with E-state index in [2.05, 4.69) is 20.2 Å². The molecule has 11 heteroatoms. The number of nitrogens with one attached hydrogen (secondary N) is 1. The van der Waals surface area contributed by atoms with Crippen LogP contribution in [-0.4, -0.2) is 70.6 Å². The number of aliphatic hydroxyl groups is 1. The number of likely N-dealkylation sites (N-methyl/N-ethyl adjacent to an activating group) is 1. The Kier molecular flexibility index (Phi) is 8.04. The van der Waals surface area contributed by atoms with Gasteiger partial charge in [-0.25, -0.2) is 4.98 Å². The Labute approximate surface area is 211 Å². The van der Waals surface area contributed by atoms with Crippen LogP contribution in [0.1, 0.15) is 45.0 Å². The first kappa shape index (κ1) is 26.2. The Morgan fingerprint density at radius 3 is 2.56 bits per heavy atom. The minimum Gasteiger partial charge on any atom is -0.385 e. The lowest BCUT2D eigenvalue weighted by atomic mass is 10.0. The molecule has 4 rings (SSSR count). The SMILES string of the molecule is CC(NC(=O)c1sc(C(O)CN2CCN(C)CC2)nc1C(F)(F)F)c1cccc(-c2cccnc2)c1. The van der Waals surface area contributed by atoms with Crippen LogP contribution in [0.2, 0.25) is 0 Å². The molecule has 1 saturated heterocycles. The number of aromatic nitrogens is 2. The fourth-order valence-electron chi connectivity index (χ4n) is 4.04. The number of pyridine rings is 1. The number of piperazine rings is 1. The summed E-state index contributed by atoms with van der Waals surface area (Å²) >= 11 is 0.590. The van der Waals surface area contributed by atoms with Crippen LogP contribution in [0.4, 0.5) is 13.2 Å². The summed E-state index contributed by atoms with van der Waals surface area (Å²) in [6.45, 7) is 4.90. The van der Waals surface area contributed by atoms with Gasteiger partial charge in [0.15, 0.2) is 5.69 Å². The number of hydrogen-bond donors (Lipinski definition) is 2. The van der Waals surface area contributed by atoms with Crippen molar-refractivity contribution in [3.05, 3.63) is 69.9 Å². The van der Waals surface area contributed by atoms with E-state index in [1.165, 1.54) is 0 Å². The zero-order chi connectivity index (χ0) is 25.9. The molecule has 1 aromatic carbocycles. The first-order chi connectivity index (χ1) is 17.1. The molecule has 0 radical (unpaired) electrons. The third-order valence-corrected chi connectivity index (χ3v) is 7.32. The number of halogens is 3. The van der Waals surface area contributed by atoms with Crippen molar-refractivity contribution in [3.8, 4) is 11.1 Å². The van der Waals surface area contributed by atoms with E-state index in [1.54, 1.807) is 25.4 Å². The van der Waals surface area contributed by atoms with Gasteiger partial charge in [-0.3, -0.25) is 14.7 Å². The molecule has 1 aliphatic rings. The van der Waals surface area contributed by atoms with Gasteiger partial charge in [-0.15, -0.1) is 11.3 Å². The van der Waals surface area contributed by atoms with E-state index in [4.69, 9.17) is 0 Å². The number of nitrogens with zero attached hydrogens (tertiary/aromatic N) is 4. The van der Waals surface area contributed by atoms with Crippen molar-refractivity contribution in [3.63, 3.8) is 0 Å². The number of benzene rings is 1. The lowest BCUT2D eigenvalue weighted by Crippen LogP contribution is -2.45. The predicted octanol–water partition coefficient (Wildman–Crippen LogP) is 4.00. The summed E-state index contributed by atoms with van der Waals surface area (Å²) in [6.07, 6.45) is -2.66. The molecule has 192 valence electrons. The van der Waals surface area contributed by atoms with E-state index in [1.807, 2.05) is 42.3 Å². The van der Waals surface area contributed by atoms with Crippen LogP contribution in [0, 0.1) is 0 Å². The van der Waals surface area contributed by atoms with Crippen LogP contribution in [0.15, 0.2) is 48.8 Å². The number of rotatable bonds is 7. The number of carbonyl (C=O) groups is 1. The monoisotopic (exact) mass is 519 g/mol. The number of amides is 1. The average Bonchev–Trinajstić information content (AvgIpc) is 3.33. The average molecular weight is 520 g/mol. The molecule has 2 unspecified atom stereocenters. The van der Waals surface area contributed by atoms with Crippen LogP contribution < -0.4 is 5.32 Å². The second kappa shape index (κ2) is 11.0. The minimum absolute atomic E-state index is 0.113. The number of β-amino-alcohol motifs (C(OH)–C–C–N with tert-alkyl or cyclic N) is 1. The highest BCUT2D eigenvalue weighted by molar-refractivity contribution is 7.13. The van der Waals surface area contributed by atoms with Crippen molar-refractivity contribution in [1.82, 2.24) is 25.1 Å². The maximum atomic E-state index is 13.7. The van der Waals surface area contributed by atoms with E-state index in [0.717, 1.165) is 29.8 Å². The number of aliphatic hydroxyl groups excluding tert-OH is 1. The van der Waals surface area contributed by atoms with Crippen molar-refractivity contribution in [2.75, 3.05) is 39.8 Å². The molecule has 1 fully saturated rings. The van der Waals surface area contributed by atoms with Crippen LogP contribution in [0.5, 0.6) is 0 Å². The van der Waals surface area contributed by atoms with Gasteiger partial charge < -0.3 is 15.3 Å². The first-order valence-corrected chi connectivity index (χ1v) is 12.4. The molecule has 0 bridgehead atoms. The van der Waals surface area contributed by atoms with Crippen LogP contribution in [0.25, 0.3) is 11.1 Å². The number of hydrogen-bond acceptors (Lipinski definition) is 7. The summed E-state index contributed by atoms with van der Waals surface area (Å²) in [5.41, 5.74) is 1.23. The van der Waals surface area contributed by atoms with Crippen LogP contribution >= 0.6 is 11.3 Å². The van der Waals surface area contributed by atoms with E-state index in [-0.39, 0.29) is 11.6 Å². The van der Waals surface area contributed by atoms with Gasteiger partial charge in [0.05, 0.1) is 6.04 Å². The molecule has 36 heavy (non-hydrogen) atoms. The van der Waals surface area contributed by atoms with E-state index < -0.39 is 34.8 Å². The second-order valence-corrected chi connectivity index (χ2v) is 9.94. The Bertz CT molecular complexity index is 1180. The Hall–Kier alpha value is -2.86. The van der Waals surface area contributed by atoms with Crippen molar-refractivity contribution in [1.29, 1.82) is 0 Å². The van der Waals surface area contributed by atoms with Gasteiger partial charge in [-0.05, 0) is 42.8 Å². The fourth-order valence-corrected chi connectivity index (χ4v) is 5.01. The van der Waals surface area contributed by atoms with E-state index in [0.29, 0.717) is 24.4 Å². The van der Waals surface area contributed by atoms with Gasteiger partial charge in [0.25, 0.3) is 5.91 Å². The summed E-state index contributed by atoms with van der Waals surface area (Å²) in [6, 6.07) is 10.5. The lowest BCUT2D eigenvalue weighted by molar-refractivity contribution is -0.141. The zero-order valence-corrected chi connectivity index (χ0v) is 20.8. The molecule has 1 amide bonds. The van der Waals surface area contributed by atoms with Crippen molar-refractivity contribution in [2.24, 2.45) is 0 Å². The molecule has 3 aromatic rings. The van der Waals surface area contributed by atoms with Crippen molar-refractivity contribution >= 4 is 17.2 Å². The van der Waals surface area contributed by atoms with Crippen LogP contribution in [0.3, 0.4) is 0 Å². The number of thiazole rings is 1. The smallest absolute Gasteiger partial charge is 0.385 e. The molecule has 1 aliphatic heterocycles. The van der Waals surface area contributed by atoms with E-state index in [9.17, 15) is 23.1 Å². The molecule has 0 saturated carbocycles. The number of alkyl halides is 3. The Morgan fingerprint density at radius 2 is 1.89 bits per heavy atom. The van der Waals surface area contributed by atoms with Gasteiger partial charge in [0.2, 0.25) is 0 Å². The molecule has 2 aromatic heterocycles. The summed E-state index contributed by atoms with van der Waals surface area (Å²) in [5.74, 6) is -0.878. The predicted molar refractivity (Wildman–Crippen MR) is 132 cm³/mol. The Morgan fingerprint density at radius 1 is 1.17 bits per heavy atom. The van der Waals surface area contributed by atoms with Crippen LogP contribution in [-0.2, 0) is 6.18 Å². The highest BCUT2D eigenvalue weighted by Gasteiger charge is 2.40. The van der Waals surface area contributed by atoms with Gasteiger partial charge >= 0.3 is 6.18 Å². The molecule has 7 nitrogen and oxygen atoms in total. The van der Waals surface area contributed by atoms with Gasteiger partial charge in [-0.2, -0.15) is 13.2 Å². The lowest BCUT2D eigenvalue weighted by Gasteiger charge is -2.33. The zero-order valence-electron chi connectivity index (χ0n) is 20.0. The summed E-state index contributed by atoms with van der Waals surface area (Å²) < 4.78 is 41.2. The maximum absolute atomic E-state index is 13.7. The van der Waals surface area contributed by atoms with E-state index >= 15 is 0 Å². The van der Waals surface area contributed by atoms with Crippen molar-refractivity contribution < 1.29 is 23.1 Å². The maximum Gasteiger partial charge on any atom is 0.435 e. The third kappa shape index (κ3) is 6.28. The molecule has 3 heterocycles. The Balaban J connectivity index is 1.51. The second-order valence-electron chi connectivity index (χ2n) is 8.91. The van der Waals surface area contributed by atoms with Gasteiger partial charge in [0.1, 0.15) is 16.0 Å². The molecule has 0 spiro atoms. The highest BCUT2D eigenvalue weighted by Crippen LogP contribution is 2.36. The van der Waals surface area contributed by atoms with Crippen molar-refractivity contribution in [2.45, 2.75) is 25.2 Å². The molecular weight excluding hydrogens is 491 g/mol. The van der Waals surface area contributed by atoms with Gasteiger partial charge in [0, 0.05) is 45.1 Å². The molecule has 2 N–H and O–H groups in total. The molecule has 2 atom stereocenters. The normalized spacial score (nSPS) is 17.1. The molecular formula is C25H28F3N5O2S. The fraction of sp³-hybridized carbons (Fsp3) is 0.400.